The Hall–Kier alpha value is -2.91. The van der Waals surface area contributed by atoms with Crippen molar-refractivity contribution in [2.45, 2.75) is 95.4 Å². The summed E-state index contributed by atoms with van der Waals surface area (Å²) in [5.74, 6) is -0.973. The van der Waals surface area contributed by atoms with Crippen LogP contribution in [0.3, 0.4) is 0 Å². The number of rotatable bonds is 18. The summed E-state index contributed by atoms with van der Waals surface area (Å²) in [6.07, 6.45) is -6.49. The fraction of sp³-hybridized carbons (Fsp3) is 0.368. The molecule has 54 heavy (non-hydrogen) atoms. The lowest BCUT2D eigenvalue weighted by atomic mass is 9.95. The third kappa shape index (κ3) is 14.3. The second kappa shape index (κ2) is 18.8. The average Bonchev–Trinajstić information content (AvgIpc) is 3.08. The predicted molar refractivity (Wildman–Crippen MR) is 196 cm³/mol. The molecule has 0 saturated carbocycles. The molecule has 0 amide bonds. The van der Waals surface area contributed by atoms with E-state index in [1.54, 1.807) is 38.1 Å². The van der Waals surface area contributed by atoms with Crippen molar-refractivity contribution >= 4 is 31.8 Å². The highest BCUT2D eigenvalue weighted by Crippen LogP contribution is 2.37. The van der Waals surface area contributed by atoms with Crippen LogP contribution in [0.1, 0.15) is 61.8 Å². The molecule has 0 aliphatic rings. The molecule has 0 aromatic heterocycles. The highest BCUT2D eigenvalue weighted by Gasteiger charge is 2.31. The number of alkyl halides is 6. The van der Waals surface area contributed by atoms with Crippen molar-refractivity contribution in [3.05, 3.63) is 119 Å². The maximum atomic E-state index is 14.8. The Bertz CT molecular complexity index is 1760. The molecule has 294 valence electrons. The van der Waals surface area contributed by atoms with Crippen LogP contribution in [-0.2, 0) is 38.8 Å². The molecule has 0 bridgehead atoms. The summed E-state index contributed by atoms with van der Waals surface area (Å²) in [6, 6.07) is 18.7. The molecule has 4 aromatic rings. The number of hydrogen-bond donors (Lipinski definition) is 2. The van der Waals surface area contributed by atoms with E-state index in [1.807, 2.05) is 0 Å². The molecule has 16 heteroatoms. The van der Waals surface area contributed by atoms with Crippen molar-refractivity contribution < 1.29 is 48.7 Å². The standard InChI is InChI=1S/C38H41F8N2O3PS2/c1-35(47,17-5-7-25-13-15-31(21-33(25)39)53-29-11-3-9-27(19-29)37(41,42)43)23-50-52(49)51-24-36(2,48)18-6-8-26-14-16-32(22-34(26)40)54-30-12-4-10-28(20-30)38(44,45)46/h3-4,9-16,19-22,52H,5-8,17-18,23-24,47-48H2,1-2H3/t35-,36-/m1/s1. The third-order valence-electron chi connectivity index (χ3n) is 8.27. The summed E-state index contributed by atoms with van der Waals surface area (Å²) in [5, 5.41) is 0. The van der Waals surface area contributed by atoms with Crippen molar-refractivity contribution in [3.63, 3.8) is 0 Å². The molecule has 5 nitrogen and oxygen atoms in total. The van der Waals surface area contributed by atoms with E-state index < -0.39 is 54.4 Å². The van der Waals surface area contributed by atoms with Crippen LogP contribution in [0.15, 0.2) is 105 Å². The van der Waals surface area contributed by atoms with Gasteiger partial charge in [-0.1, -0.05) is 47.8 Å². The molecule has 0 aliphatic carbocycles. The molecule has 0 heterocycles. The van der Waals surface area contributed by atoms with E-state index in [-0.39, 0.29) is 13.2 Å². The molecular weight excluding hydrogens is 780 g/mol. The van der Waals surface area contributed by atoms with Crippen molar-refractivity contribution in [1.82, 2.24) is 0 Å². The summed E-state index contributed by atoms with van der Waals surface area (Å²) in [4.78, 5) is 1.60. The zero-order valence-corrected chi connectivity index (χ0v) is 32.1. The molecule has 4 N–H and O–H groups in total. The Kier molecular flexibility index (Phi) is 15.3. The first kappa shape index (κ1) is 43.8. The number of benzene rings is 4. The van der Waals surface area contributed by atoms with Gasteiger partial charge in [0.25, 0.3) is 0 Å². The SMILES string of the molecule is C[C@@](N)(CCCc1ccc(Sc2cccc(C(F)(F)F)c2)cc1F)CO[PH](=O)OC[C@](C)(N)CCCc1ccc(Sc2cccc(C(F)(F)F)c2)cc1F. The van der Waals surface area contributed by atoms with Crippen LogP contribution in [0, 0.1) is 11.6 Å². The Morgan fingerprint density at radius 3 is 1.31 bits per heavy atom. The molecule has 0 radical (unpaired) electrons. The van der Waals surface area contributed by atoms with Gasteiger partial charge in [-0.2, -0.15) is 26.3 Å². The molecule has 2 atom stereocenters. The van der Waals surface area contributed by atoms with E-state index in [0.717, 1.165) is 47.8 Å². The number of aryl methyl sites for hydroxylation is 2. The Labute approximate surface area is 318 Å². The number of nitrogens with two attached hydrogens (primary N) is 2. The Morgan fingerprint density at radius 2 is 0.963 bits per heavy atom. The molecule has 4 aromatic carbocycles. The van der Waals surface area contributed by atoms with Crippen LogP contribution in [-0.4, -0.2) is 24.3 Å². The van der Waals surface area contributed by atoms with E-state index in [9.17, 15) is 39.7 Å². The summed E-state index contributed by atoms with van der Waals surface area (Å²) in [6.45, 7) is 3.22. The van der Waals surface area contributed by atoms with Gasteiger partial charge >= 0.3 is 20.6 Å². The first-order valence-corrected chi connectivity index (χ1v) is 19.7. The number of halogens is 8. The van der Waals surface area contributed by atoms with Gasteiger partial charge in [0.15, 0.2) is 0 Å². The normalized spacial score (nSPS) is 14.6. The van der Waals surface area contributed by atoms with Gasteiger partial charge in [-0.05, 0) is 124 Å². The molecular formula is C38H41F8N2O3PS2. The zero-order chi connectivity index (χ0) is 39.7. The van der Waals surface area contributed by atoms with E-state index in [1.165, 1.54) is 36.4 Å². The second-order valence-electron chi connectivity index (χ2n) is 13.6. The largest absolute Gasteiger partial charge is 0.416 e. The Morgan fingerprint density at radius 1 is 0.593 bits per heavy atom. The van der Waals surface area contributed by atoms with Crippen molar-refractivity contribution in [2.24, 2.45) is 11.5 Å². The van der Waals surface area contributed by atoms with Gasteiger partial charge in [-0.15, -0.1) is 0 Å². The zero-order valence-electron chi connectivity index (χ0n) is 29.5. The molecule has 0 aliphatic heterocycles. The lowest BCUT2D eigenvalue weighted by Gasteiger charge is -2.26. The van der Waals surface area contributed by atoms with E-state index in [0.29, 0.717) is 69.2 Å². The topological polar surface area (TPSA) is 87.6 Å². The van der Waals surface area contributed by atoms with Gasteiger partial charge in [0.1, 0.15) is 11.6 Å². The average molecular weight is 821 g/mol. The first-order valence-electron chi connectivity index (χ1n) is 16.8. The fourth-order valence-corrected chi connectivity index (χ4v) is 8.12. The minimum Gasteiger partial charge on any atom is -0.323 e. The summed E-state index contributed by atoms with van der Waals surface area (Å²) >= 11 is 2.05. The fourth-order valence-electron chi connectivity index (χ4n) is 5.33. The molecule has 4 rings (SSSR count). The lowest BCUT2D eigenvalue weighted by Crippen LogP contribution is -2.41. The van der Waals surface area contributed by atoms with Crippen LogP contribution in [0.25, 0.3) is 0 Å². The summed E-state index contributed by atoms with van der Waals surface area (Å²) in [7, 11) is -2.96. The minimum atomic E-state index is -4.47. The van der Waals surface area contributed by atoms with E-state index >= 15 is 0 Å². The maximum Gasteiger partial charge on any atom is 0.416 e. The Balaban J connectivity index is 1.15. The van der Waals surface area contributed by atoms with Gasteiger partial charge < -0.3 is 20.5 Å². The quantitative estimate of drug-likeness (QED) is 0.0763. The third-order valence-corrected chi connectivity index (χ3v) is 11.0. The monoisotopic (exact) mass is 820 g/mol. The van der Waals surface area contributed by atoms with Gasteiger partial charge in [-0.3, -0.25) is 4.57 Å². The van der Waals surface area contributed by atoms with Crippen LogP contribution >= 0.6 is 31.8 Å². The number of hydrogen-bond acceptors (Lipinski definition) is 7. The summed E-state index contributed by atoms with van der Waals surface area (Å²) < 4.78 is 131. The van der Waals surface area contributed by atoms with Gasteiger partial charge in [-0.25, -0.2) is 8.78 Å². The van der Waals surface area contributed by atoms with E-state index in [2.05, 4.69) is 0 Å². The van der Waals surface area contributed by atoms with Crippen LogP contribution < -0.4 is 11.5 Å². The van der Waals surface area contributed by atoms with Crippen LogP contribution in [0.5, 0.6) is 0 Å². The molecule has 0 spiro atoms. The minimum absolute atomic E-state index is 0.0948. The molecule has 0 saturated heterocycles. The van der Waals surface area contributed by atoms with Gasteiger partial charge in [0.05, 0.1) is 24.3 Å². The van der Waals surface area contributed by atoms with E-state index in [4.69, 9.17) is 20.5 Å². The highest BCUT2D eigenvalue weighted by atomic mass is 32.2. The lowest BCUT2D eigenvalue weighted by molar-refractivity contribution is -0.138. The predicted octanol–water partition coefficient (Wildman–Crippen LogP) is 11.5. The highest BCUT2D eigenvalue weighted by molar-refractivity contribution is 7.99. The van der Waals surface area contributed by atoms with Crippen LogP contribution in [0.4, 0.5) is 35.1 Å². The van der Waals surface area contributed by atoms with Crippen LogP contribution in [0.2, 0.25) is 0 Å². The first-order chi connectivity index (χ1) is 25.2. The van der Waals surface area contributed by atoms with Crippen molar-refractivity contribution in [2.75, 3.05) is 13.2 Å². The van der Waals surface area contributed by atoms with Gasteiger partial charge in [0.2, 0.25) is 0 Å². The summed E-state index contributed by atoms with van der Waals surface area (Å²) in [5.41, 5.74) is 10.1. The van der Waals surface area contributed by atoms with Crippen molar-refractivity contribution in [3.8, 4) is 0 Å². The molecule has 0 fully saturated rings. The maximum absolute atomic E-state index is 14.8. The smallest absolute Gasteiger partial charge is 0.323 e. The molecule has 0 unspecified atom stereocenters. The second-order valence-corrected chi connectivity index (χ2v) is 17.0. The van der Waals surface area contributed by atoms with Gasteiger partial charge in [0, 0.05) is 30.7 Å². The van der Waals surface area contributed by atoms with Crippen molar-refractivity contribution in [1.29, 1.82) is 0 Å².